The Labute approximate surface area is 190 Å². The third-order valence-corrected chi connectivity index (χ3v) is 5.08. The Bertz CT molecular complexity index is 1030. The SMILES string of the molecule is C[C@@H](NC(=O)COc1ccc(/C=N\NC(=O)CSc2ncccn2)cc1)c1ccccc1. The molecule has 2 aromatic carbocycles. The predicted octanol–water partition coefficient (Wildman–Crippen LogP) is 2.98. The molecular formula is C23H23N5O3S. The Balaban J connectivity index is 1.37. The van der Waals surface area contributed by atoms with Gasteiger partial charge in [-0.3, -0.25) is 9.59 Å². The fraction of sp³-hybridized carbons (Fsp3) is 0.174. The molecule has 0 fully saturated rings. The third-order valence-electron chi connectivity index (χ3n) is 4.20. The maximum atomic E-state index is 12.1. The van der Waals surface area contributed by atoms with Crippen molar-refractivity contribution in [1.82, 2.24) is 20.7 Å². The van der Waals surface area contributed by atoms with Crippen LogP contribution >= 0.6 is 11.8 Å². The largest absolute Gasteiger partial charge is 0.484 e. The zero-order chi connectivity index (χ0) is 22.6. The van der Waals surface area contributed by atoms with Crippen LogP contribution in [0.4, 0.5) is 0 Å². The number of hydrogen-bond donors (Lipinski definition) is 2. The number of thioether (sulfide) groups is 1. The van der Waals surface area contributed by atoms with E-state index in [0.717, 1.165) is 11.1 Å². The van der Waals surface area contributed by atoms with E-state index in [0.29, 0.717) is 10.9 Å². The van der Waals surface area contributed by atoms with E-state index in [9.17, 15) is 9.59 Å². The molecule has 0 unspecified atom stereocenters. The van der Waals surface area contributed by atoms with E-state index >= 15 is 0 Å². The zero-order valence-corrected chi connectivity index (χ0v) is 18.3. The highest BCUT2D eigenvalue weighted by molar-refractivity contribution is 7.99. The van der Waals surface area contributed by atoms with Crippen LogP contribution in [-0.4, -0.2) is 40.4 Å². The highest BCUT2D eigenvalue weighted by Gasteiger charge is 2.09. The van der Waals surface area contributed by atoms with Crippen molar-refractivity contribution in [2.75, 3.05) is 12.4 Å². The molecule has 2 N–H and O–H groups in total. The van der Waals surface area contributed by atoms with Crippen molar-refractivity contribution in [3.63, 3.8) is 0 Å². The van der Waals surface area contributed by atoms with Crippen molar-refractivity contribution in [1.29, 1.82) is 0 Å². The summed E-state index contributed by atoms with van der Waals surface area (Å²) >= 11 is 1.23. The Morgan fingerprint density at radius 3 is 2.47 bits per heavy atom. The average molecular weight is 450 g/mol. The van der Waals surface area contributed by atoms with E-state index in [4.69, 9.17) is 4.74 Å². The van der Waals surface area contributed by atoms with Crippen LogP contribution in [-0.2, 0) is 9.59 Å². The summed E-state index contributed by atoms with van der Waals surface area (Å²) in [5.41, 5.74) is 4.27. The van der Waals surface area contributed by atoms with Gasteiger partial charge in [-0.25, -0.2) is 15.4 Å². The van der Waals surface area contributed by atoms with Gasteiger partial charge in [-0.1, -0.05) is 42.1 Å². The van der Waals surface area contributed by atoms with Crippen molar-refractivity contribution in [2.45, 2.75) is 18.1 Å². The van der Waals surface area contributed by atoms with Gasteiger partial charge in [-0.05, 0) is 48.4 Å². The lowest BCUT2D eigenvalue weighted by Crippen LogP contribution is -2.31. The van der Waals surface area contributed by atoms with Gasteiger partial charge in [0.15, 0.2) is 11.8 Å². The number of hydrogen-bond acceptors (Lipinski definition) is 7. The van der Waals surface area contributed by atoms with Gasteiger partial charge in [-0.2, -0.15) is 5.10 Å². The second kappa shape index (κ2) is 12.2. The molecular weight excluding hydrogens is 426 g/mol. The first-order chi connectivity index (χ1) is 15.6. The lowest BCUT2D eigenvalue weighted by Gasteiger charge is -2.14. The standard InChI is InChI=1S/C23H23N5O3S/c1-17(19-6-3-2-4-7-19)27-21(29)15-31-20-10-8-18(9-11-20)14-26-28-22(30)16-32-23-24-12-5-13-25-23/h2-14,17H,15-16H2,1H3,(H,27,29)(H,28,30)/b26-14-/t17-/m1/s1. The summed E-state index contributed by atoms with van der Waals surface area (Å²) in [6, 6.07) is 18.4. The molecule has 1 heterocycles. The van der Waals surface area contributed by atoms with E-state index in [1.807, 2.05) is 37.3 Å². The van der Waals surface area contributed by atoms with Gasteiger partial charge < -0.3 is 10.1 Å². The van der Waals surface area contributed by atoms with Crippen LogP contribution in [0.1, 0.15) is 24.1 Å². The minimum Gasteiger partial charge on any atom is -0.484 e. The summed E-state index contributed by atoms with van der Waals surface area (Å²) in [6.07, 6.45) is 4.77. The van der Waals surface area contributed by atoms with Crippen LogP contribution in [0, 0.1) is 0 Å². The maximum absolute atomic E-state index is 12.1. The molecule has 0 bridgehead atoms. The molecule has 164 valence electrons. The molecule has 0 aliphatic heterocycles. The number of ether oxygens (including phenoxy) is 1. The molecule has 3 rings (SSSR count). The van der Waals surface area contributed by atoms with Crippen LogP contribution in [0.2, 0.25) is 0 Å². The quantitative estimate of drug-likeness (QED) is 0.213. The van der Waals surface area contributed by atoms with E-state index in [-0.39, 0.29) is 30.2 Å². The van der Waals surface area contributed by atoms with Gasteiger partial charge >= 0.3 is 0 Å². The molecule has 0 aliphatic carbocycles. The molecule has 0 saturated heterocycles. The lowest BCUT2D eigenvalue weighted by atomic mass is 10.1. The molecule has 0 aliphatic rings. The Morgan fingerprint density at radius 1 is 1.03 bits per heavy atom. The highest BCUT2D eigenvalue weighted by Crippen LogP contribution is 2.13. The number of amides is 2. The van der Waals surface area contributed by atoms with Crippen molar-refractivity contribution in [2.24, 2.45) is 5.10 Å². The third kappa shape index (κ3) is 7.84. The summed E-state index contributed by atoms with van der Waals surface area (Å²) in [6.45, 7) is 1.84. The number of aromatic nitrogens is 2. The number of benzene rings is 2. The zero-order valence-electron chi connectivity index (χ0n) is 17.5. The van der Waals surface area contributed by atoms with Gasteiger partial charge in [-0.15, -0.1) is 0 Å². The number of rotatable bonds is 10. The number of nitrogens with one attached hydrogen (secondary N) is 2. The van der Waals surface area contributed by atoms with E-state index in [1.54, 1.807) is 42.7 Å². The molecule has 1 atom stereocenters. The fourth-order valence-corrected chi connectivity index (χ4v) is 3.20. The van der Waals surface area contributed by atoms with Crippen LogP contribution in [0.5, 0.6) is 5.75 Å². The van der Waals surface area contributed by atoms with Gasteiger partial charge in [0.2, 0.25) is 0 Å². The van der Waals surface area contributed by atoms with Crippen LogP contribution in [0.3, 0.4) is 0 Å². The minimum absolute atomic E-state index is 0.0799. The second-order valence-corrected chi connectivity index (χ2v) is 7.61. The topological polar surface area (TPSA) is 106 Å². The Kier molecular flexibility index (Phi) is 8.76. The first kappa shape index (κ1) is 23.0. The fourth-order valence-electron chi connectivity index (χ4n) is 2.61. The van der Waals surface area contributed by atoms with Crippen LogP contribution in [0.15, 0.2) is 83.3 Å². The van der Waals surface area contributed by atoms with Crippen molar-refractivity contribution >= 4 is 29.8 Å². The highest BCUT2D eigenvalue weighted by atomic mass is 32.2. The number of carbonyl (C=O) groups excluding carboxylic acids is 2. The van der Waals surface area contributed by atoms with Crippen molar-refractivity contribution < 1.29 is 14.3 Å². The normalized spacial score (nSPS) is 11.7. The summed E-state index contributed by atoms with van der Waals surface area (Å²) in [7, 11) is 0. The van der Waals surface area contributed by atoms with E-state index in [2.05, 4.69) is 25.8 Å². The number of carbonyl (C=O) groups is 2. The molecule has 0 saturated carbocycles. The van der Waals surface area contributed by atoms with Gasteiger partial charge in [0.05, 0.1) is 18.0 Å². The molecule has 32 heavy (non-hydrogen) atoms. The summed E-state index contributed by atoms with van der Waals surface area (Å²) in [4.78, 5) is 32.0. The molecule has 8 nitrogen and oxygen atoms in total. The monoisotopic (exact) mass is 449 g/mol. The minimum atomic E-state index is -0.255. The first-order valence-electron chi connectivity index (χ1n) is 9.89. The van der Waals surface area contributed by atoms with Crippen molar-refractivity contribution in [3.05, 3.63) is 84.2 Å². The summed E-state index contributed by atoms with van der Waals surface area (Å²) in [5, 5.41) is 7.37. The summed E-state index contributed by atoms with van der Waals surface area (Å²) in [5.74, 6) is 0.273. The van der Waals surface area contributed by atoms with Gasteiger partial charge in [0.25, 0.3) is 11.8 Å². The lowest BCUT2D eigenvalue weighted by molar-refractivity contribution is -0.123. The Hall–Kier alpha value is -3.72. The summed E-state index contributed by atoms with van der Waals surface area (Å²) < 4.78 is 5.54. The Morgan fingerprint density at radius 2 is 1.75 bits per heavy atom. The molecule has 1 aromatic heterocycles. The van der Waals surface area contributed by atoms with Crippen LogP contribution < -0.4 is 15.5 Å². The molecule has 0 spiro atoms. The number of nitrogens with zero attached hydrogens (tertiary/aromatic N) is 3. The van der Waals surface area contributed by atoms with E-state index < -0.39 is 0 Å². The molecule has 2 amide bonds. The van der Waals surface area contributed by atoms with Crippen molar-refractivity contribution in [3.8, 4) is 5.75 Å². The first-order valence-corrected chi connectivity index (χ1v) is 10.9. The van der Waals surface area contributed by atoms with Crippen LogP contribution in [0.25, 0.3) is 0 Å². The molecule has 0 radical (unpaired) electrons. The van der Waals surface area contributed by atoms with Gasteiger partial charge in [0.1, 0.15) is 5.75 Å². The van der Waals surface area contributed by atoms with E-state index in [1.165, 1.54) is 18.0 Å². The maximum Gasteiger partial charge on any atom is 0.258 e. The second-order valence-electron chi connectivity index (χ2n) is 6.67. The number of hydrazone groups is 1. The van der Waals surface area contributed by atoms with Gasteiger partial charge in [0, 0.05) is 12.4 Å². The molecule has 3 aromatic rings. The average Bonchev–Trinajstić information content (AvgIpc) is 2.83. The predicted molar refractivity (Wildman–Crippen MR) is 123 cm³/mol. The smallest absolute Gasteiger partial charge is 0.258 e. The molecule has 9 heteroatoms.